The second-order valence-corrected chi connectivity index (χ2v) is 3.92. The summed E-state index contributed by atoms with van der Waals surface area (Å²) in [5, 5.41) is 12.5. The third-order valence-electron chi connectivity index (χ3n) is 2.50. The van der Waals surface area contributed by atoms with Crippen LogP contribution in [0, 0.1) is 0 Å². The lowest BCUT2D eigenvalue weighted by Crippen LogP contribution is -2.04. The second-order valence-electron chi connectivity index (χ2n) is 3.57. The van der Waals surface area contributed by atoms with Crippen LogP contribution in [0.3, 0.4) is 0 Å². The third kappa shape index (κ3) is 2.28. The van der Waals surface area contributed by atoms with Crippen molar-refractivity contribution < 1.29 is 5.11 Å². The van der Waals surface area contributed by atoms with Crippen molar-refractivity contribution in [2.75, 3.05) is 19.0 Å². The zero-order chi connectivity index (χ0) is 12.3. The molecule has 0 saturated heterocycles. The molecule has 0 fully saturated rings. The van der Waals surface area contributed by atoms with Gasteiger partial charge in [-0.25, -0.2) is 4.98 Å². The SMILES string of the molecule is CNc1nc(-c2ccccc2)n(CCO)c1Cl. The lowest BCUT2D eigenvalue weighted by molar-refractivity contribution is 0.277. The van der Waals surface area contributed by atoms with Gasteiger partial charge in [0.2, 0.25) is 0 Å². The number of benzene rings is 1. The summed E-state index contributed by atoms with van der Waals surface area (Å²) < 4.78 is 1.79. The molecule has 1 heterocycles. The number of halogens is 1. The van der Waals surface area contributed by atoms with Crippen LogP contribution in [0.1, 0.15) is 0 Å². The number of imidazole rings is 1. The van der Waals surface area contributed by atoms with Crippen LogP contribution in [0.5, 0.6) is 0 Å². The van der Waals surface area contributed by atoms with Gasteiger partial charge in [0.05, 0.1) is 6.61 Å². The summed E-state index contributed by atoms with van der Waals surface area (Å²) in [5.74, 6) is 1.38. The molecule has 1 aromatic carbocycles. The third-order valence-corrected chi connectivity index (χ3v) is 2.88. The summed E-state index contributed by atoms with van der Waals surface area (Å²) in [5.41, 5.74) is 0.976. The summed E-state index contributed by atoms with van der Waals surface area (Å²) in [7, 11) is 1.77. The number of rotatable bonds is 4. The zero-order valence-corrected chi connectivity index (χ0v) is 10.3. The molecule has 0 aliphatic heterocycles. The van der Waals surface area contributed by atoms with Gasteiger partial charge < -0.3 is 15.0 Å². The van der Waals surface area contributed by atoms with Gasteiger partial charge in [0.15, 0.2) is 11.0 Å². The van der Waals surface area contributed by atoms with Crippen LogP contribution in [-0.4, -0.2) is 28.3 Å². The van der Waals surface area contributed by atoms with E-state index in [4.69, 9.17) is 16.7 Å². The Morgan fingerprint density at radius 1 is 1.35 bits per heavy atom. The molecule has 2 aromatic rings. The lowest BCUT2D eigenvalue weighted by atomic mass is 10.2. The number of hydrogen-bond acceptors (Lipinski definition) is 3. The minimum absolute atomic E-state index is 0.0269. The van der Waals surface area contributed by atoms with E-state index in [1.54, 1.807) is 11.6 Å². The molecule has 0 unspecified atom stereocenters. The first-order valence-electron chi connectivity index (χ1n) is 5.38. The quantitative estimate of drug-likeness (QED) is 0.876. The fraction of sp³-hybridized carbons (Fsp3) is 0.250. The highest BCUT2D eigenvalue weighted by Crippen LogP contribution is 2.28. The van der Waals surface area contributed by atoms with Crippen LogP contribution < -0.4 is 5.32 Å². The normalized spacial score (nSPS) is 10.5. The molecule has 0 aliphatic rings. The first kappa shape index (κ1) is 12.0. The molecule has 17 heavy (non-hydrogen) atoms. The van der Waals surface area contributed by atoms with E-state index in [1.807, 2.05) is 30.3 Å². The maximum Gasteiger partial charge on any atom is 0.164 e. The number of hydrogen-bond donors (Lipinski definition) is 2. The van der Waals surface area contributed by atoms with Gasteiger partial charge in [-0.15, -0.1) is 0 Å². The van der Waals surface area contributed by atoms with Gasteiger partial charge >= 0.3 is 0 Å². The average Bonchev–Trinajstić information content (AvgIpc) is 2.69. The molecule has 90 valence electrons. The Labute approximate surface area is 105 Å². The molecule has 5 heteroatoms. The van der Waals surface area contributed by atoms with Crippen molar-refractivity contribution in [3.8, 4) is 11.4 Å². The number of aromatic nitrogens is 2. The highest BCUT2D eigenvalue weighted by Gasteiger charge is 2.15. The summed E-state index contributed by atoms with van der Waals surface area (Å²) in [4.78, 5) is 4.43. The van der Waals surface area contributed by atoms with E-state index in [1.165, 1.54) is 0 Å². The van der Waals surface area contributed by atoms with Crippen LogP contribution in [-0.2, 0) is 6.54 Å². The van der Waals surface area contributed by atoms with Crippen LogP contribution in [0.2, 0.25) is 5.15 Å². The first-order chi connectivity index (χ1) is 8.27. The van der Waals surface area contributed by atoms with Gasteiger partial charge in [-0.05, 0) is 0 Å². The average molecular weight is 252 g/mol. The van der Waals surface area contributed by atoms with E-state index in [0.29, 0.717) is 17.5 Å². The minimum Gasteiger partial charge on any atom is -0.395 e. The summed E-state index contributed by atoms with van der Waals surface area (Å²) in [6.07, 6.45) is 0. The Morgan fingerprint density at radius 3 is 2.65 bits per heavy atom. The van der Waals surface area contributed by atoms with Crippen molar-refractivity contribution in [1.29, 1.82) is 0 Å². The van der Waals surface area contributed by atoms with Crippen molar-refractivity contribution in [1.82, 2.24) is 9.55 Å². The van der Waals surface area contributed by atoms with Crippen molar-refractivity contribution in [3.05, 3.63) is 35.5 Å². The van der Waals surface area contributed by atoms with Crippen LogP contribution >= 0.6 is 11.6 Å². The number of anilines is 1. The molecular weight excluding hydrogens is 238 g/mol. The molecular formula is C12H14ClN3O. The van der Waals surface area contributed by atoms with Gasteiger partial charge in [-0.3, -0.25) is 0 Å². The van der Waals surface area contributed by atoms with E-state index >= 15 is 0 Å². The predicted molar refractivity (Wildman–Crippen MR) is 69.3 cm³/mol. The fourth-order valence-electron chi connectivity index (χ4n) is 1.70. The molecule has 2 rings (SSSR count). The Kier molecular flexibility index (Phi) is 3.66. The number of nitrogens with one attached hydrogen (secondary N) is 1. The summed E-state index contributed by atoms with van der Waals surface area (Å²) >= 11 is 6.19. The van der Waals surface area contributed by atoms with Crippen LogP contribution in [0.4, 0.5) is 5.82 Å². The lowest BCUT2D eigenvalue weighted by Gasteiger charge is -2.06. The van der Waals surface area contributed by atoms with Gasteiger partial charge in [-0.1, -0.05) is 41.9 Å². The maximum atomic E-state index is 9.07. The molecule has 0 radical (unpaired) electrons. The molecule has 1 aromatic heterocycles. The molecule has 0 bridgehead atoms. The molecule has 0 amide bonds. The molecule has 0 aliphatic carbocycles. The Bertz CT molecular complexity index is 496. The number of aliphatic hydroxyl groups is 1. The second kappa shape index (κ2) is 5.21. The molecule has 0 atom stereocenters. The smallest absolute Gasteiger partial charge is 0.164 e. The van der Waals surface area contributed by atoms with Crippen LogP contribution in [0.15, 0.2) is 30.3 Å². The highest BCUT2D eigenvalue weighted by atomic mass is 35.5. The van der Waals surface area contributed by atoms with E-state index in [9.17, 15) is 0 Å². The van der Waals surface area contributed by atoms with E-state index in [-0.39, 0.29) is 6.61 Å². The zero-order valence-electron chi connectivity index (χ0n) is 9.52. The van der Waals surface area contributed by atoms with Gasteiger partial charge in [0.1, 0.15) is 5.82 Å². The van der Waals surface area contributed by atoms with E-state index < -0.39 is 0 Å². The number of aliphatic hydroxyl groups excluding tert-OH is 1. The van der Waals surface area contributed by atoms with Gasteiger partial charge in [-0.2, -0.15) is 0 Å². The monoisotopic (exact) mass is 251 g/mol. The Balaban J connectivity index is 2.53. The van der Waals surface area contributed by atoms with Gasteiger partial charge in [0.25, 0.3) is 0 Å². The minimum atomic E-state index is 0.0269. The topological polar surface area (TPSA) is 50.1 Å². The largest absolute Gasteiger partial charge is 0.395 e. The summed E-state index contributed by atoms with van der Waals surface area (Å²) in [6, 6.07) is 9.77. The molecule has 0 spiro atoms. The van der Waals surface area contributed by atoms with Crippen molar-refractivity contribution >= 4 is 17.4 Å². The van der Waals surface area contributed by atoms with E-state index in [0.717, 1.165) is 11.4 Å². The first-order valence-corrected chi connectivity index (χ1v) is 5.75. The highest BCUT2D eigenvalue weighted by molar-refractivity contribution is 6.32. The molecule has 4 nitrogen and oxygen atoms in total. The summed E-state index contributed by atoms with van der Waals surface area (Å²) in [6.45, 7) is 0.455. The molecule has 0 saturated carbocycles. The molecule has 2 N–H and O–H groups in total. The van der Waals surface area contributed by atoms with Crippen LogP contribution in [0.25, 0.3) is 11.4 Å². The maximum absolute atomic E-state index is 9.07. The Morgan fingerprint density at radius 2 is 2.06 bits per heavy atom. The fourth-order valence-corrected chi connectivity index (χ4v) is 2.01. The van der Waals surface area contributed by atoms with Crippen molar-refractivity contribution in [2.45, 2.75) is 6.54 Å². The van der Waals surface area contributed by atoms with Crippen molar-refractivity contribution in [2.24, 2.45) is 0 Å². The predicted octanol–water partition coefficient (Wildman–Crippen LogP) is 2.24. The van der Waals surface area contributed by atoms with E-state index in [2.05, 4.69) is 10.3 Å². The Hall–Kier alpha value is -1.52. The standard InChI is InChI=1S/C12H14ClN3O/c1-14-11-10(13)16(7-8-17)12(15-11)9-5-3-2-4-6-9/h2-6,14,17H,7-8H2,1H3. The van der Waals surface area contributed by atoms with Gasteiger partial charge in [0, 0.05) is 19.2 Å². The van der Waals surface area contributed by atoms with Crippen molar-refractivity contribution in [3.63, 3.8) is 0 Å². The number of nitrogens with zero attached hydrogens (tertiary/aromatic N) is 2.